The van der Waals surface area contributed by atoms with Gasteiger partial charge >= 0.3 is 5.97 Å². The van der Waals surface area contributed by atoms with E-state index >= 15 is 0 Å². The lowest BCUT2D eigenvalue weighted by atomic mass is 10.2. The van der Waals surface area contributed by atoms with E-state index in [0.717, 1.165) is 0 Å². The molecule has 0 aliphatic carbocycles. The van der Waals surface area contributed by atoms with Gasteiger partial charge in [-0.1, -0.05) is 36.2 Å². The average Bonchev–Trinajstić information content (AvgIpc) is 2.97. The van der Waals surface area contributed by atoms with Crippen molar-refractivity contribution in [2.24, 2.45) is 0 Å². The zero-order chi connectivity index (χ0) is 18.6. The molecule has 0 saturated carbocycles. The lowest BCUT2D eigenvalue weighted by Crippen LogP contribution is -2.33. The second kappa shape index (κ2) is 8.31. The molecule has 134 valence electrons. The van der Waals surface area contributed by atoms with Gasteiger partial charge < -0.3 is 10.4 Å². The molecule has 2 rings (SSSR count). The summed E-state index contributed by atoms with van der Waals surface area (Å²) in [6, 6.07) is 4.76. The van der Waals surface area contributed by atoms with Gasteiger partial charge in [-0.3, -0.25) is 9.59 Å². The third-order valence-corrected chi connectivity index (χ3v) is 4.12. The highest BCUT2D eigenvalue weighted by Crippen LogP contribution is 2.28. The Hall–Kier alpha value is -2.12. The van der Waals surface area contributed by atoms with Crippen LogP contribution in [0.25, 0.3) is 5.69 Å². The number of amides is 1. The van der Waals surface area contributed by atoms with Crippen LogP contribution in [0.5, 0.6) is 0 Å². The first kappa shape index (κ1) is 19.2. The minimum Gasteiger partial charge on any atom is -0.481 e. The molecule has 0 saturated heterocycles. The molecule has 9 heteroatoms. The van der Waals surface area contributed by atoms with Gasteiger partial charge in [-0.05, 0) is 25.5 Å². The van der Waals surface area contributed by atoms with Crippen LogP contribution in [0.4, 0.5) is 0 Å². The molecule has 2 aromatic rings. The van der Waals surface area contributed by atoms with Crippen molar-refractivity contribution in [3.8, 4) is 5.69 Å². The maximum absolute atomic E-state index is 12.3. The largest absolute Gasteiger partial charge is 0.481 e. The van der Waals surface area contributed by atoms with E-state index in [-0.39, 0.29) is 18.3 Å². The maximum atomic E-state index is 12.3. The molecule has 7 nitrogen and oxygen atoms in total. The highest BCUT2D eigenvalue weighted by Gasteiger charge is 2.20. The molecule has 1 atom stereocenters. The van der Waals surface area contributed by atoms with Crippen molar-refractivity contribution in [1.82, 2.24) is 20.1 Å². The minimum atomic E-state index is -0.912. The summed E-state index contributed by atoms with van der Waals surface area (Å²) in [6.07, 6.45) is 0.813. The first-order chi connectivity index (χ1) is 11.8. The monoisotopic (exact) mass is 384 g/mol. The normalized spacial score (nSPS) is 12.0. The van der Waals surface area contributed by atoms with Gasteiger partial charge in [-0.25, -0.2) is 9.67 Å². The van der Waals surface area contributed by atoms with Crippen LogP contribution in [0.3, 0.4) is 0 Å². The van der Waals surface area contributed by atoms with Gasteiger partial charge in [0.15, 0.2) is 0 Å². The van der Waals surface area contributed by atoms with Crippen molar-refractivity contribution >= 4 is 35.1 Å². The molecule has 1 aromatic heterocycles. The summed E-state index contributed by atoms with van der Waals surface area (Å²) >= 11 is 12.4. The molecule has 25 heavy (non-hydrogen) atoms. The summed E-state index contributed by atoms with van der Waals surface area (Å²) in [6.45, 7) is 3.60. The number of carbonyl (C=O) groups excluding carboxylic acids is 1. The first-order valence-electron chi connectivity index (χ1n) is 7.76. The summed E-state index contributed by atoms with van der Waals surface area (Å²) in [5, 5.41) is 16.4. The van der Waals surface area contributed by atoms with Crippen LogP contribution in [0, 0.1) is 0 Å². The van der Waals surface area contributed by atoms with Gasteiger partial charge in [0.05, 0.1) is 10.0 Å². The van der Waals surface area contributed by atoms with E-state index in [1.54, 1.807) is 25.1 Å². The number of halogens is 2. The number of aromatic nitrogens is 3. The van der Waals surface area contributed by atoms with Gasteiger partial charge in [-0.15, -0.1) is 5.10 Å². The molecular formula is C16H18Cl2N4O3. The number of nitrogens with zero attached hydrogens (tertiary/aromatic N) is 3. The molecular weight excluding hydrogens is 367 g/mol. The highest BCUT2D eigenvalue weighted by molar-refractivity contribution is 6.37. The van der Waals surface area contributed by atoms with Crippen LogP contribution in [-0.4, -0.2) is 37.8 Å². The van der Waals surface area contributed by atoms with E-state index in [2.05, 4.69) is 15.4 Å². The number of benzene rings is 1. The Balaban J connectivity index is 2.25. The second-order valence-electron chi connectivity index (χ2n) is 5.49. The highest BCUT2D eigenvalue weighted by atomic mass is 35.5. The fraction of sp³-hybridized carbons (Fsp3) is 0.375. The lowest BCUT2D eigenvalue weighted by molar-refractivity contribution is -0.137. The number of nitrogens with one attached hydrogen (secondary N) is 1. The lowest BCUT2D eigenvalue weighted by Gasteiger charge is -2.10. The van der Waals surface area contributed by atoms with Crippen molar-refractivity contribution in [1.29, 1.82) is 0 Å². The zero-order valence-corrected chi connectivity index (χ0v) is 15.3. The summed E-state index contributed by atoms with van der Waals surface area (Å²) in [7, 11) is 0. The number of carboxylic acid groups (broad SMARTS) is 1. The Morgan fingerprint density at radius 1 is 1.32 bits per heavy atom. The van der Waals surface area contributed by atoms with E-state index in [0.29, 0.717) is 34.4 Å². The minimum absolute atomic E-state index is 0.0185. The van der Waals surface area contributed by atoms with Gasteiger partial charge in [-0.2, -0.15) is 0 Å². The van der Waals surface area contributed by atoms with Crippen LogP contribution in [0.1, 0.15) is 43.1 Å². The van der Waals surface area contributed by atoms with Gasteiger partial charge in [0.25, 0.3) is 5.91 Å². The van der Waals surface area contributed by atoms with Crippen molar-refractivity contribution in [3.63, 3.8) is 0 Å². The van der Waals surface area contributed by atoms with Crippen LogP contribution in [-0.2, 0) is 11.2 Å². The molecule has 0 aliphatic heterocycles. The van der Waals surface area contributed by atoms with Crippen molar-refractivity contribution in [2.75, 3.05) is 0 Å². The molecule has 0 radical (unpaired) electrons. The Morgan fingerprint density at radius 2 is 1.96 bits per heavy atom. The predicted molar refractivity (Wildman–Crippen MR) is 94.6 cm³/mol. The second-order valence-corrected chi connectivity index (χ2v) is 6.31. The molecule has 1 heterocycles. The number of aryl methyl sites for hydroxylation is 1. The molecule has 1 aromatic carbocycles. The van der Waals surface area contributed by atoms with Crippen LogP contribution in [0.2, 0.25) is 10.0 Å². The molecule has 0 spiro atoms. The van der Waals surface area contributed by atoms with Crippen molar-refractivity contribution in [3.05, 3.63) is 39.9 Å². The van der Waals surface area contributed by atoms with Gasteiger partial charge in [0.1, 0.15) is 11.5 Å². The topological polar surface area (TPSA) is 97.1 Å². The van der Waals surface area contributed by atoms with Crippen LogP contribution >= 0.6 is 23.2 Å². The molecule has 1 unspecified atom stereocenters. The van der Waals surface area contributed by atoms with Gasteiger partial charge in [0, 0.05) is 18.9 Å². The predicted octanol–water partition coefficient (Wildman–Crippen LogP) is 3.12. The molecule has 0 fully saturated rings. The Morgan fingerprint density at radius 3 is 2.52 bits per heavy atom. The smallest absolute Gasteiger partial charge is 0.303 e. The Bertz CT molecular complexity index is 771. The quantitative estimate of drug-likeness (QED) is 0.763. The Labute approximate surface area is 155 Å². The standard InChI is InChI=1S/C16H18Cl2N4O3/c1-3-12-20-15(16(25)19-9(2)7-8-13(23)24)21-22(12)14-10(17)5-4-6-11(14)18/h4-6,9H,3,7-8H2,1-2H3,(H,19,25)(H,23,24). The maximum Gasteiger partial charge on any atom is 0.303 e. The van der Waals surface area contributed by atoms with E-state index in [1.807, 2.05) is 6.92 Å². The summed E-state index contributed by atoms with van der Waals surface area (Å²) in [5.41, 5.74) is 0.466. The third-order valence-electron chi connectivity index (χ3n) is 3.51. The number of carboxylic acids is 1. The van der Waals surface area contributed by atoms with E-state index in [9.17, 15) is 9.59 Å². The fourth-order valence-corrected chi connectivity index (χ4v) is 2.80. The third kappa shape index (κ3) is 4.70. The number of rotatable bonds is 7. The molecule has 0 aliphatic rings. The molecule has 2 N–H and O–H groups in total. The first-order valence-corrected chi connectivity index (χ1v) is 8.52. The number of para-hydroxylation sites is 1. The fourth-order valence-electron chi connectivity index (χ4n) is 2.24. The average molecular weight is 385 g/mol. The van der Waals surface area contributed by atoms with Crippen molar-refractivity contribution in [2.45, 2.75) is 39.2 Å². The Kier molecular flexibility index (Phi) is 6.39. The SMILES string of the molecule is CCc1nc(C(=O)NC(C)CCC(=O)O)nn1-c1c(Cl)cccc1Cl. The summed E-state index contributed by atoms with van der Waals surface area (Å²) in [4.78, 5) is 27.2. The van der Waals surface area contributed by atoms with E-state index in [4.69, 9.17) is 28.3 Å². The number of hydrogen-bond donors (Lipinski definition) is 2. The van der Waals surface area contributed by atoms with Crippen LogP contribution in [0.15, 0.2) is 18.2 Å². The van der Waals surface area contributed by atoms with E-state index < -0.39 is 11.9 Å². The van der Waals surface area contributed by atoms with Crippen molar-refractivity contribution < 1.29 is 14.7 Å². The molecule has 1 amide bonds. The van der Waals surface area contributed by atoms with Crippen LogP contribution < -0.4 is 5.32 Å². The summed E-state index contributed by atoms with van der Waals surface area (Å²) in [5.74, 6) is -0.868. The number of carbonyl (C=O) groups is 2. The number of hydrogen-bond acceptors (Lipinski definition) is 4. The van der Waals surface area contributed by atoms with E-state index in [1.165, 1.54) is 4.68 Å². The molecule has 0 bridgehead atoms. The zero-order valence-electron chi connectivity index (χ0n) is 13.8. The summed E-state index contributed by atoms with van der Waals surface area (Å²) < 4.78 is 1.46. The number of aliphatic carboxylic acids is 1. The van der Waals surface area contributed by atoms with Gasteiger partial charge in [0.2, 0.25) is 5.82 Å².